The lowest BCUT2D eigenvalue weighted by Crippen LogP contribution is -2.37. The van der Waals surface area contributed by atoms with Crippen LogP contribution in [0, 0.1) is 5.92 Å². The fraction of sp³-hybridized carbons (Fsp3) is 0.545. The van der Waals surface area contributed by atoms with E-state index in [4.69, 9.17) is 5.11 Å². The molecule has 1 unspecified atom stereocenters. The van der Waals surface area contributed by atoms with Gasteiger partial charge in [-0.2, -0.15) is 0 Å². The van der Waals surface area contributed by atoms with E-state index in [1.807, 2.05) is 6.07 Å². The van der Waals surface area contributed by atoms with Crippen LogP contribution < -0.4 is 0 Å². The van der Waals surface area contributed by atoms with Crippen LogP contribution in [0.2, 0.25) is 0 Å². The van der Waals surface area contributed by atoms with Gasteiger partial charge in [-0.25, -0.2) is 0 Å². The summed E-state index contributed by atoms with van der Waals surface area (Å²) < 4.78 is 0. The van der Waals surface area contributed by atoms with Gasteiger partial charge in [-0.15, -0.1) is 11.3 Å². The molecule has 15 heavy (non-hydrogen) atoms. The van der Waals surface area contributed by atoms with Gasteiger partial charge in [0.25, 0.3) is 0 Å². The van der Waals surface area contributed by atoms with E-state index in [9.17, 15) is 4.79 Å². The molecule has 1 N–H and O–H groups in total. The highest BCUT2D eigenvalue weighted by Gasteiger charge is 2.25. The largest absolute Gasteiger partial charge is 0.481 e. The SMILES string of the molecule is O=C(O)C1CCCN(Cc2cccs2)C1. The van der Waals surface area contributed by atoms with Crippen LogP contribution in [0.25, 0.3) is 0 Å². The van der Waals surface area contributed by atoms with E-state index >= 15 is 0 Å². The lowest BCUT2D eigenvalue weighted by Gasteiger charge is -2.30. The second kappa shape index (κ2) is 4.77. The minimum Gasteiger partial charge on any atom is -0.481 e. The molecule has 1 aliphatic rings. The number of rotatable bonds is 3. The van der Waals surface area contributed by atoms with E-state index in [0.29, 0.717) is 6.54 Å². The molecule has 1 saturated heterocycles. The first kappa shape index (κ1) is 10.6. The lowest BCUT2D eigenvalue weighted by molar-refractivity contribution is -0.143. The Hall–Kier alpha value is -0.870. The molecule has 1 aromatic rings. The third-order valence-electron chi connectivity index (χ3n) is 2.81. The van der Waals surface area contributed by atoms with Gasteiger partial charge in [0.15, 0.2) is 0 Å². The van der Waals surface area contributed by atoms with Crippen molar-refractivity contribution in [2.75, 3.05) is 13.1 Å². The van der Waals surface area contributed by atoms with Gasteiger partial charge in [-0.3, -0.25) is 9.69 Å². The van der Waals surface area contributed by atoms with Crippen molar-refractivity contribution in [3.63, 3.8) is 0 Å². The smallest absolute Gasteiger partial charge is 0.307 e. The zero-order valence-electron chi connectivity index (χ0n) is 8.56. The first-order chi connectivity index (χ1) is 7.25. The highest BCUT2D eigenvalue weighted by atomic mass is 32.1. The summed E-state index contributed by atoms with van der Waals surface area (Å²) in [6, 6.07) is 4.15. The van der Waals surface area contributed by atoms with Crippen LogP contribution in [0.3, 0.4) is 0 Å². The van der Waals surface area contributed by atoms with Crippen molar-refractivity contribution >= 4 is 17.3 Å². The summed E-state index contributed by atoms with van der Waals surface area (Å²) in [4.78, 5) is 14.4. The monoisotopic (exact) mass is 225 g/mol. The maximum Gasteiger partial charge on any atom is 0.307 e. The molecular formula is C11H15NO2S. The maximum atomic E-state index is 10.9. The quantitative estimate of drug-likeness (QED) is 0.856. The Morgan fingerprint density at radius 3 is 3.20 bits per heavy atom. The molecule has 1 aliphatic heterocycles. The van der Waals surface area contributed by atoms with Crippen molar-refractivity contribution in [3.05, 3.63) is 22.4 Å². The van der Waals surface area contributed by atoms with Crippen molar-refractivity contribution in [2.45, 2.75) is 19.4 Å². The van der Waals surface area contributed by atoms with Crippen LogP contribution in [-0.2, 0) is 11.3 Å². The van der Waals surface area contributed by atoms with Crippen molar-refractivity contribution in [1.29, 1.82) is 0 Å². The third-order valence-corrected chi connectivity index (χ3v) is 3.68. The van der Waals surface area contributed by atoms with E-state index in [2.05, 4.69) is 16.3 Å². The average molecular weight is 225 g/mol. The molecule has 0 bridgehead atoms. The lowest BCUT2D eigenvalue weighted by atomic mass is 9.98. The van der Waals surface area contributed by atoms with Gasteiger partial charge in [0.2, 0.25) is 0 Å². The molecule has 82 valence electrons. The van der Waals surface area contributed by atoms with Crippen LogP contribution in [0.4, 0.5) is 0 Å². The molecule has 3 nitrogen and oxygen atoms in total. The molecule has 0 aliphatic carbocycles. The van der Waals surface area contributed by atoms with Crippen LogP contribution in [0.15, 0.2) is 17.5 Å². The molecule has 0 radical (unpaired) electrons. The van der Waals surface area contributed by atoms with Gasteiger partial charge in [0.05, 0.1) is 5.92 Å². The number of hydrogen-bond donors (Lipinski definition) is 1. The van der Waals surface area contributed by atoms with Crippen molar-refractivity contribution in [2.24, 2.45) is 5.92 Å². The molecule has 2 rings (SSSR count). The summed E-state index contributed by atoms with van der Waals surface area (Å²) in [6.45, 7) is 2.64. The van der Waals surface area contributed by atoms with Crippen LogP contribution >= 0.6 is 11.3 Å². The standard InChI is InChI=1S/C11H15NO2S/c13-11(14)9-3-1-5-12(7-9)8-10-4-2-6-15-10/h2,4,6,9H,1,3,5,7-8H2,(H,13,14). The van der Waals surface area contributed by atoms with E-state index in [1.165, 1.54) is 4.88 Å². The Balaban J connectivity index is 1.90. The van der Waals surface area contributed by atoms with Gasteiger partial charge in [-0.1, -0.05) is 6.07 Å². The molecule has 0 aromatic carbocycles. The number of nitrogens with zero attached hydrogens (tertiary/aromatic N) is 1. The number of hydrogen-bond acceptors (Lipinski definition) is 3. The number of carbonyl (C=O) groups is 1. The Morgan fingerprint density at radius 2 is 2.53 bits per heavy atom. The fourth-order valence-electron chi connectivity index (χ4n) is 2.02. The van der Waals surface area contributed by atoms with Crippen LogP contribution in [-0.4, -0.2) is 29.1 Å². The number of piperidine rings is 1. The molecule has 1 aromatic heterocycles. The highest BCUT2D eigenvalue weighted by molar-refractivity contribution is 7.09. The van der Waals surface area contributed by atoms with Crippen LogP contribution in [0.5, 0.6) is 0 Å². The zero-order valence-corrected chi connectivity index (χ0v) is 9.37. The summed E-state index contributed by atoms with van der Waals surface area (Å²) in [7, 11) is 0. The van der Waals surface area contributed by atoms with E-state index in [0.717, 1.165) is 25.9 Å². The van der Waals surface area contributed by atoms with E-state index in [-0.39, 0.29) is 5.92 Å². The Kier molecular flexibility index (Phi) is 3.38. The zero-order chi connectivity index (χ0) is 10.7. The maximum absolute atomic E-state index is 10.9. The van der Waals surface area contributed by atoms with Gasteiger partial charge in [-0.05, 0) is 30.8 Å². The van der Waals surface area contributed by atoms with Crippen molar-refractivity contribution in [3.8, 4) is 0 Å². The first-order valence-electron chi connectivity index (χ1n) is 5.23. The topological polar surface area (TPSA) is 40.5 Å². The molecule has 0 amide bonds. The molecule has 1 fully saturated rings. The second-order valence-electron chi connectivity index (χ2n) is 3.99. The van der Waals surface area contributed by atoms with Gasteiger partial charge in [0, 0.05) is 18.0 Å². The van der Waals surface area contributed by atoms with E-state index in [1.54, 1.807) is 11.3 Å². The minimum absolute atomic E-state index is 0.168. The number of likely N-dealkylation sites (tertiary alicyclic amines) is 1. The minimum atomic E-state index is -0.647. The summed E-state index contributed by atoms with van der Waals surface area (Å²) in [5, 5.41) is 11.0. The normalized spacial score (nSPS) is 22.8. The Bertz CT molecular complexity index is 323. The molecule has 0 spiro atoms. The van der Waals surface area contributed by atoms with E-state index < -0.39 is 5.97 Å². The first-order valence-corrected chi connectivity index (χ1v) is 6.11. The summed E-state index contributed by atoms with van der Waals surface area (Å²) in [6.07, 6.45) is 1.83. The van der Waals surface area contributed by atoms with Crippen LogP contribution in [0.1, 0.15) is 17.7 Å². The predicted octanol–water partition coefficient (Wildman–Crippen LogP) is 2.04. The molecule has 0 saturated carbocycles. The summed E-state index contributed by atoms with van der Waals surface area (Å²) >= 11 is 1.74. The fourth-order valence-corrected chi connectivity index (χ4v) is 2.77. The second-order valence-corrected chi connectivity index (χ2v) is 5.02. The molecular weight excluding hydrogens is 210 g/mol. The average Bonchev–Trinajstić information content (AvgIpc) is 2.71. The van der Waals surface area contributed by atoms with Crippen molar-refractivity contribution < 1.29 is 9.90 Å². The number of carboxylic acid groups (broad SMARTS) is 1. The van der Waals surface area contributed by atoms with Gasteiger partial charge >= 0.3 is 5.97 Å². The van der Waals surface area contributed by atoms with Gasteiger partial charge < -0.3 is 5.11 Å². The Morgan fingerprint density at radius 1 is 1.67 bits per heavy atom. The highest BCUT2D eigenvalue weighted by Crippen LogP contribution is 2.20. The van der Waals surface area contributed by atoms with Crippen molar-refractivity contribution in [1.82, 2.24) is 4.90 Å². The van der Waals surface area contributed by atoms with Gasteiger partial charge in [0.1, 0.15) is 0 Å². The molecule has 2 heterocycles. The summed E-state index contributed by atoms with van der Waals surface area (Å²) in [5.74, 6) is -0.815. The molecule has 4 heteroatoms. The number of aliphatic carboxylic acids is 1. The molecule has 1 atom stereocenters. The number of thiophene rings is 1. The Labute approximate surface area is 93.3 Å². The number of carboxylic acids is 1. The predicted molar refractivity (Wildman–Crippen MR) is 60.0 cm³/mol. The third kappa shape index (κ3) is 2.79. The summed E-state index contributed by atoms with van der Waals surface area (Å²) in [5.41, 5.74) is 0.